The van der Waals surface area contributed by atoms with Crippen LogP contribution in [0, 0.1) is 13.8 Å². The number of pyridine rings is 3. The fraction of sp³-hybridized carbons (Fsp3) is 0.370. The van der Waals surface area contributed by atoms with Crippen molar-refractivity contribution in [1.82, 2.24) is 15.0 Å². The monoisotopic (exact) mass is 434 g/mol. The molecule has 0 aromatic carbocycles. The summed E-state index contributed by atoms with van der Waals surface area (Å²) in [4.78, 5) is 27.9. The Hall–Kier alpha value is -3.21. The Morgan fingerprint density at radius 2 is 1.81 bits per heavy atom. The van der Waals surface area contributed by atoms with E-state index in [1.165, 1.54) is 17.9 Å². The molecule has 0 aliphatic rings. The number of rotatable bonds is 4. The van der Waals surface area contributed by atoms with Gasteiger partial charge in [0.25, 0.3) is 0 Å². The van der Waals surface area contributed by atoms with E-state index in [0.29, 0.717) is 5.71 Å². The standard InChI is InChI=1S/C17H17N3.C8H13NO.C2H6.H2/c1-4-13-5-6-18-9-16(13)17-8-14-7-11(2)19-10-15(14)12(3)20-17;1-6(2)5-8(9-4)7(3)10;1-2;/h5-10H,4H2,1-3H3;5H,1-4H3;1-2H3;1H. The molecule has 3 aromatic rings. The number of Topliss-reactive ketones (excluding diaryl/α,β-unsaturated/α-hetero) is 1. The third-order valence-electron chi connectivity index (χ3n) is 4.64. The first-order valence-corrected chi connectivity index (χ1v) is 11.1. The Labute approximate surface area is 194 Å². The van der Waals surface area contributed by atoms with Crippen molar-refractivity contribution in [2.75, 3.05) is 7.05 Å². The predicted molar refractivity (Wildman–Crippen MR) is 139 cm³/mol. The fourth-order valence-electron chi connectivity index (χ4n) is 3.12. The normalized spacial score (nSPS) is 10.5. The van der Waals surface area contributed by atoms with E-state index in [9.17, 15) is 4.79 Å². The molecule has 3 rings (SSSR count). The zero-order valence-corrected chi connectivity index (χ0v) is 20.9. The molecule has 0 fully saturated rings. The molecule has 0 unspecified atom stereocenters. The van der Waals surface area contributed by atoms with Gasteiger partial charge >= 0.3 is 0 Å². The van der Waals surface area contributed by atoms with Crippen LogP contribution in [0.15, 0.2) is 53.4 Å². The fourth-order valence-corrected chi connectivity index (χ4v) is 3.12. The molecule has 0 N–H and O–H groups in total. The number of aromatic nitrogens is 3. The molecular formula is C27H38N4O. The van der Waals surface area contributed by atoms with Gasteiger partial charge in [0.1, 0.15) is 0 Å². The van der Waals surface area contributed by atoms with Gasteiger partial charge in [-0.25, -0.2) is 0 Å². The number of hydrogen-bond donors (Lipinski definition) is 0. The second kappa shape index (κ2) is 13.3. The molecule has 0 bridgehead atoms. The van der Waals surface area contributed by atoms with Gasteiger partial charge in [-0.15, -0.1) is 0 Å². The molecule has 0 saturated heterocycles. The average Bonchev–Trinajstić information content (AvgIpc) is 2.78. The predicted octanol–water partition coefficient (Wildman–Crippen LogP) is 6.76. The molecule has 0 aliphatic carbocycles. The van der Waals surface area contributed by atoms with Crippen LogP contribution >= 0.6 is 0 Å². The van der Waals surface area contributed by atoms with Crippen LogP contribution in [0.2, 0.25) is 0 Å². The summed E-state index contributed by atoms with van der Waals surface area (Å²) in [6.07, 6.45) is 8.40. The minimum atomic E-state index is 0. The Balaban J connectivity index is 0.000000677. The van der Waals surface area contributed by atoms with Crippen molar-refractivity contribution in [2.45, 2.75) is 61.8 Å². The Kier molecular flexibility index (Phi) is 11.1. The van der Waals surface area contributed by atoms with Crippen molar-refractivity contribution in [1.29, 1.82) is 0 Å². The number of carbonyl (C=O) groups is 1. The van der Waals surface area contributed by atoms with Gasteiger partial charge in [0, 0.05) is 56.3 Å². The van der Waals surface area contributed by atoms with E-state index in [2.05, 4.69) is 40.1 Å². The first-order chi connectivity index (χ1) is 15.3. The van der Waals surface area contributed by atoms with Crippen molar-refractivity contribution in [3.63, 3.8) is 0 Å². The Morgan fingerprint density at radius 1 is 1.12 bits per heavy atom. The maximum atomic E-state index is 10.7. The van der Waals surface area contributed by atoms with Crippen LogP contribution in [0.5, 0.6) is 0 Å². The molecule has 32 heavy (non-hydrogen) atoms. The van der Waals surface area contributed by atoms with Crippen molar-refractivity contribution in [3.8, 4) is 11.3 Å². The zero-order valence-electron chi connectivity index (χ0n) is 20.9. The van der Waals surface area contributed by atoms with Crippen LogP contribution in [-0.2, 0) is 11.2 Å². The van der Waals surface area contributed by atoms with Gasteiger partial charge in [-0.3, -0.25) is 24.7 Å². The number of nitrogens with zero attached hydrogens (tertiary/aromatic N) is 4. The summed E-state index contributed by atoms with van der Waals surface area (Å²) >= 11 is 0. The molecule has 0 radical (unpaired) electrons. The SMILES string of the molecule is CC.CCc1ccncc1-c1cc2cc(C)ncc2c(C)n1.CN=C(C=C(C)C)C(C)=O.[HH]. The smallest absolute Gasteiger partial charge is 0.177 e. The summed E-state index contributed by atoms with van der Waals surface area (Å²) in [7, 11) is 1.62. The lowest BCUT2D eigenvalue weighted by Gasteiger charge is -2.10. The number of carbonyl (C=O) groups excluding carboxylic acids is 1. The van der Waals surface area contributed by atoms with Crippen molar-refractivity contribution in [2.24, 2.45) is 4.99 Å². The summed E-state index contributed by atoms with van der Waals surface area (Å²) in [5.74, 6) is 0.0173. The molecule has 5 nitrogen and oxygen atoms in total. The molecule has 172 valence electrons. The number of aliphatic imine (C=N–C) groups is 1. The second-order valence-electron chi connectivity index (χ2n) is 7.41. The van der Waals surface area contributed by atoms with Gasteiger partial charge < -0.3 is 0 Å². The highest BCUT2D eigenvalue weighted by atomic mass is 16.1. The quantitative estimate of drug-likeness (QED) is 0.426. The maximum Gasteiger partial charge on any atom is 0.177 e. The van der Waals surface area contributed by atoms with E-state index in [1.807, 2.05) is 60.1 Å². The Bertz CT molecular complexity index is 1120. The number of hydrogen-bond acceptors (Lipinski definition) is 5. The first kappa shape index (κ1) is 26.8. The van der Waals surface area contributed by atoms with E-state index < -0.39 is 0 Å². The van der Waals surface area contributed by atoms with Gasteiger partial charge in [0.2, 0.25) is 0 Å². The molecule has 0 saturated carbocycles. The van der Waals surface area contributed by atoms with Gasteiger partial charge in [-0.1, -0.05) is 26.3 Å². The largest absolute Gasteiger partial charge is 0.293 e. The zero-order chi connectivity index (χ0) is 24.3. The molecule has 3 heterocycles. The number of fused-ring (bicyclic) bond motifs is 1. The van der Waals surface area contributed by atoms with Gasteiger partial charge in [0.05, 0.1) is 11.4 Å². The molecular weight excluding hydrogens is 396 g/mol. The lowest BCUT2D eigenvalue weighted by molar-refractivity contribution is -0.111. The minimum Gasteiger partial charge on any atom is -0.293 e. The molecule has 0 spiro atoms. The van der Waals surface area contributed by atoms with Crippen LogP contribution < -0.4 is 0 Å². The van der Waals surface area contributed by atoms with Gasteiger partial charge in [-0.05, 0) is 69.3 Å². The third kappa shape index (κ3) is 7.49. The lowest BCUT2D eigenvalue weighted by Crippen LogP contribution is -2.06. The van der Waals surface area contributed by atoms with Crippen LogP contribution in [0.1, 0.15) is 59.9 Å². The Morgan fingerprint density at radius 3 is 2.34 bits per heavy atom. The number of ketones is 1. The molecule has 0 aliphatic heterocycles. The highest BCUT2D eigenvalue weighted by Crippen LogP contribution is 2.26. The number of allylic oxidation sites excluding steroid dienone is 2. The highest BCUT2D eigenvalue weighted by molar-refractivity contribution is 6.43. The second-order valence-corrected chi connectivity index (χ2v) is 7.41. The van der Waals surface area contributed by atoms with E-state index in [1.54, 1.807) is 13.1 Å². The van der Waals surface area contributed by atoms with E-state index in [0.717, 1.165) is 40.0 Å². The van der Waals surface area contributed by atoms with Crippen molar-refractivity contribution >= 4 is 22.3 Å². The first-order valence-electron chi connectivity index (χ1n) is 11.1. The summed E-state index contributed by atoms with van der Waals surface area (Å²) in [5.41, 5.74) is 7.06. The summed E-state index contributed by atoms with van der Waals surface area (Å²) < 4.78 is 0. The van der Waals surface area contributed by atoms with Crippen LogP contribution in [0.4, 0.5) is 0 Å². The average molecular weight is 435 g/mol. The number of aryl methyl sites for hydroxylation is 3. The molecule has 5 heteroatoms. The van der Waals surface area contributed by atoms with Crippen molar-refractivity contribution in [3.05, 3.63) is 65.4 Å². The third-order valence-corrected chi connectivity index (χ3v) is 4.64. The molecule has 0 amide bonds. The summed E-state index contributed by atoms with van der Waals surface area (Å²) in [6, 6.07) is 6.30. The minimum absolute atomic E-state index is 0. The van der Waals surface area contributed by atoms with Crippen LogP contribution in [0.25, 0.3) is 22.0 Å². The van der Waals surface area contributed by atoms with Crippen molar-refractivity contribution < 1.29 is 6.22 Å². The van der Waals surface area contributed by atoms with E-state index in [4.69, 9.17) is 4.98 Å². The highest BCUT2D eigenvalue weighted by Gasteiger charge is 2.09. The topological polar surface area (TPSA) is 68.1 Å². The maximum absolute atomic E-state index is 10.7. The molecule has 0 atom stereocenters. The van der Waals surface area contributed by atoms with Crippen LogP contribution in [-0.4, -0.2) is 33.5 Å². The van der Waals surface area contributed by atoms with E-state index in [-0.39, 0.29) is 7.21 Å². The summed E-state index contributed by atoms with van der Waals surface area (Å²) in [6.45, 7) is 15.6. The lowest BCUT2D eigenvalue weighted by atomic mass is 10.0. The van der Waals surface area contributed by atoms with Crippen LogP contribution in [0.3, 0.4) is 0 Å². The molecule has 3 aromatic heterocycles. The van der Waals surface area contributed by atoms with Gasteiger partial charge in [0.15, 0.2) is 5.78 Å². The van der Waals surface area contributed by atoms with Gasteiger partial charge in [-0.2, -0.15) is 0 Å². The summed E-state index contributed by atoms with van der Waals surface area (Å²) in [5, 5.41) is 2.30. The van der Waals surface area contributed by atoms with E-state index >= 15 is 0 Å².